The van der Waals surface area contributed by atoms with Crippen molar-refractivity contribution < 1.29 is 9.73 Å². The van der Waals surface area contributed by atoms with Gasteiger partial charge in [0.1, 0.15) is 6.04 Å². The highest BCUT2D eigenvalue weighted by Crippen LogP contribution is 2.17. The highest BCUT2D eigenvalue weighted by atomic mass is 16.3. The first-order valence-corrected chi connectivity index (χ1v) is 4.33. The average molecular weight is 152 g/mol. The minimum absolute atomic E-state index is 0.596. The van der Waals surface area contributed by atoms with Gasteiger partial charge in [0.25, 0.3) is 0 Å². The molecule has 0 aliphatic carbocycles. The maximum Gasteiger partial charge on any atom is 0.160 e. The summed E-state index contributed by atoms with van der Waals surface area (Å²) >= 11 is 0. The third kappa shape index (κ3) is 1.46. The van der Waals surface area contributed by atoms with Gasteiger partial charge in [-0.05, 0) is 25.0 Å². The molecular weight excluding hydrogens is 138 g/mol. The minimum atomic E-state index is 0.596. The van der Waals surface area contributed by atoms with Gasteiger partial charge in [0.05, 0.1) is 12.8 Å². The second kappa shape index (κ2) is 3.09. The van der Waals surface area contributed by atoms with Crippen molar-refractivity contribution in [3.63, 3.8) is 0 Å². The number of rotatable bonds is 1. The molecule has 1 aliphatic rings. The summed E-state index contributed by atoms with van der Waals surface area (Å²) < 4.78 is 5.34. The normalized spacial score (nSPS) is 25.3. The molecule has 2 heterocycles. The molecule has 2 rings (SSSR count). The second-order valence-corrected chi connectivity index (χ2v) is 3.14. The molecule has 1 aromatic rings. The van der Waals surface area contributed by atoms with Gasteiger partial charge in [-0.15, -0.1) is 0 Å². The minimum Gasteiger partial charge on any atom is -0.463 e. The van der Waals surface area contributed by atoms with Crippen molar-refractivity contribution in [2.24, 2.45) is 0 Å². The van der Waals surface area contributed by atoms with E-state index in [4.69, 9.17) is 4.42 Å². The molecule has 1 fully saturated rings. The van der Waals surface area contributed by atoms with E-state index >= 15 is 0 Å². The van der Waals surface area contributed by atoms with E-state index in [1.165, 1.54) is 25.8 Å². The molecule has 2 nitrogen and oxygen atoms in total. The Hall–Kier alpha value is -0.760. The predicted molar refractivity (Wildman–Crippen MR) is 42.1 cm³/mol. The molecule has 0 aromatic carbocycles. The molecule has 0 spiro atoms. The average Bonchev–Trinajstić information content (AvgIpc) is 2.58. The zero-order chi connectivity index (χ0) is 7.52. The molecule has 0 amide bonds. The van der Waals surface area contributed by atoms with Crippen LogP contribution >= 0.6 is 0 Å². The van der Waals surface area contributed by atoms with Gasteiger partial charge in [0.2, 0.25) is 0 Å². The van der Waals surface area contributed by atoms with Crippen molar-refractivity contribution in [3.05, 3.63) is 24.2 Å². The molecule has 1 saturated heterocycles. The monoisotopic (exact) mass is 152 g/mol. The van der Waals surface area contributed by atoms with Crippen LogP contribution < -0.4 is 5.32 Å². The van der Waals surface area contributed by atoms with E-state index in [1.807, 2.05) is 6.07 Å². The highest BCUT2D eigenvalue weighted by molar-refractivity contribution is 5.01. The Bertz CT molecular complexity index is 199. The van der Waals surface area contributed by atoms with Gasteiger partial charge in [-0.2, -0.15) is 0 Å². The molecule has 1 aliphatic heterocycles. The first-order valence-electron chi connectivity index (χ1n) is 4.33. The fourth-order valence-corrected chi connectivity index (χ4v) is 1.71. The van der Waals surface area contributed by atoms with Crippen LogP contribution in [0.25, 0.3) is 0 Å². The first kappa shape index (κ1) is 6.92. The lowest BCUT2D eigenvalue weighted by Crippen LogP contribution is -2.86. The lowest BCUT2D eigenvalue weighted by atomic mass is 10.0. The van der Waals surface area contributed by atoms with Crippen LogP contribution in [0.5, 0.6) is 0 Å². The lowest BCUT2D eigenvalue weighted by Gasteiger charge is -2.17. The number of quaternary nitrogens is 1. The molecule has 0 bridgehead atoms. The van der Waals surface area contributed by atoms with E-state index in [0.29, 0.717) is 6.04 Å². The van der Waals surface area contributed by atoms with Crippen molar-refractivity contribution >= 4 is 0 Å². The summed E-state index contributed by atoms with van der Waals surface area (Å²) in [5.74, 6) is 1.14. The second-order valence-electron chi connectivity index (χ2n) is 3.14. The Labute approximate surface area is 66.6 Å². The lowest BCUT2D eigenvalue weighted by molar-refractivity contribution is -0.706. The van der Waals surface area contributed by atoms with Crippen LogP contribution in [0, 0.1) is 0 Å². The molecule has 0 saturated carbocycles. The van der Waals surface area contributed by atoms with Crippen LogP contribution in [0.2, 0.25) is 0 Å². The predicted octanol–water partition coefficient (Wildman–Crippen LogP) is 1.07. The fraction of sp³-hybridized carbons (Fsp3) is 0.556. The van der Waals surface area contributed by atoms with E-state index in [1.54, 1.807) is 6.26 Å². The van der Waals surface area contributed by atoms with Crippen molar-refractivity contribution in [2.75, 3.05) is 6.54 Å². The van der Waals surface area contributed by atoms with E-state index in [0.717, 1.165) is 5.76 Å². The maximum absolute atomic E-state index is 5.34. The van der Waals surface area contributed by atoms with E-state index < -0.39 is 0 Å². The number of furan rings is 1. The van der Waals surface area contributed by atoms with Gasteiger partial charge in [-0.3, -0.25) is 0 Å². The Morgan fingerprint density at radius 1 is 1.45 bits per heavy atom. The molecule has 0 unspecified atom stereocenters. The first-order chi connectivity index (χ1) is 5.47. The van der Waals surface area contributed by atoms with E-state index in [2.05, 4.69) is 11.4 Å². The quantitative estimate of drug-likeness (QED) is 0.641. The summed E-state index contributed by atoms with van der Waals surface area (Å²) in [6.07, 6.45) is 5.74. The summed E-state index contributed by atoms with van der Waals surface area (Å²) in [6, 6.07) is 4.64. The third-order valence-electron chi connectivity index (χ3n) is 2.33. The number of hydrogen-bond donors (Lipinski definition) is 1. The zero-order valence-electron chi connectivity index (χ0n) is 6.62. The molecular formula is C9H14NO+. The summed E-state index contributed by atoms with van der Waals surface area (Å²) in [5, 5.41) is 2.38. The number of nitrogens with two attached hydrogens (primary N) is 1. The van der Waals surface area contributed by atoms with Crippen LogP contribution in [0.4, 0.5) is 0 Å². The van der Waals surface area contributed by atoms with Crippen molar-refractivity contribution in [2.45, 2.75) is 25.3 Å². The topological polar surface area (TPSA) is 29.8 Å². The summed E-state index contributed by atoms with van der Waals surface area (Å²) in [7, 11) is 0. The Balaban J connectivity index is 2.04. The molecule has 2 heteroatoms. The van der Waals surface area contributed by atoms with Gasteiger partial charge in [0.15, 0.2) is 5.76 Å². The molecule has 60 valence electrons. The smallest absolute Gasteiger partial charge is 0.160 e. The Morgan fingerprint density at radius 2 is 2.45 bits per heavy atom. The Kier molecular flexibility index (Phi) is 1.95. The van der Waals surface area contributed by atoms with Gasteiger partial charge in [-0.1, -0.05) is 0 Å². The van der Waals surface area contributed by atoms with Gasteiger partial charge < -0.3 is 9.73 Å². The molecule has 1 aromatic heterocycles. The van der Waals surface area contributed by atoms with Crippen molar-refractivity contribution in [1.29, 1.82) is 0 Å². The largest absolute Gasteiger partial charge is 0.463 e. The molecule has 11 heavy (non-hydrogen) atoms. The van der Waals surface area contributed by atoms with E-state index in [-0.39, 0.29) is 0 Å². The summed E-state index contributed by atoms with van der Waals surface area (Å²) in [4.78, 5) is 0. The standard InChI is InChI=1S/C9H13NO/c1-2-6-10-8(4-1)9-5-3-7-11-9/h3,5,7-8,10H,1-2,4,6H2/p+1/t8-/m1/s1. The van der Waals surface area contributed by atoms with Gasteiger partial charge in [0, 0.05) is 6.42 Å². The highest BCUT2D eigenvalue weighted by Gasteiger charge is 2.19. The fourth-order valence-electron chi connectivity index (χ4n) is 1.71. The SMILES string of the molecule is c1coc([C@H]2CCCC[NH2+]2)c1. The molecule has 0 radical (unpaired) electrons. The molecule has 1 atom stereocenters. The molecule has 2 N–H and O–H groups in total. The van der Waals surface area contributed by atoms with Gasteiger partial charge in [-0.25, -0.2) is 0 Å². The van der Waals surface area contributed by atoms with Crippen LogP contribution in [-0.4, -0.2) is 6.54 Å². The summed E-state index contributed by atoms with van der Waals surface area (Å²) in [6.45, 7) is 1.26. The summed E-state index contributed by atoms with van der Waals surface area (Å²) in [5.41, 5.74) is 0. The number of hydrogen-bond acceptors (Lipinski definition) is 1. The third-order valence-corrected chi connectivity index (χ3v) is 2.33. The van der Waals surface area contributed by atoms with E-state index in [9.17, 15) is 0 Å². The van der Waals surface area contributed by atoms with Crippen LogP contribution in [-0.2, 0) is 0 Å². The van der Waals surface area contributed by atoms with Crippen molar-refractivity contribution in [3.8, 4) is 0 Å². The Morgan fingerprint density at radius 3 is 3.09 bits per heavy atom. The van der Waals surface area contributed by atoms with Crippen LogP contribution in [0.1, 0.15) is 31.1 Å². The van der Waals surface area contributed by atoms with Crippen molar-refractivity contribution in [1.82, 2.24) is 0 Å². The van der Waals surface area contributed by atoms with Crippen LogP contribution in [0.15, 0.2) is 22.8 Å². The number of piperidine rings is 1. The zero-order valence-corrected chi connectivity index (χ0v) is 6.62. The van der Waals surface area contributed by atoms with Crippen LogP contribution in [0.3, 0.4) is 0 Å². The van der Waals surface area contributed by atoms with Gasteiger partial charge >= 0.3 is 0 Å². The maximum atomic E-state index is 5.34.